The first kappa shape index (κ1) is 24.8. The van der Waals surface area contributed by atoms with Crippen molar-refractivity contribution in [1.29, 1.82) is 0 Å². The zero-order valence-electron chi connectivity index (χ0n) is 19.0. The zero-order chi connectivity index (χ0) is 24.5. The summed E-state index contributed by atoms with van der Waals surface area (Å²) in [5.41, 5.74) is 8.70. The van der Waals surface area contributed by atoms with Crippen LogP contribution in [-0.2, 0) is 19.1 Å². The molecule has 0 saturated carbocycles. The number of carbonyl (C=O) groups excluding carboxylic acids is 3. The van der Waals surface area contributed by atoms with Crippen LogP contribution in [0, 0.1) is 0 Å². The Kier molecular flexibility index (Phi) is 8.61. The van der Waals surface area contributed by atoms with E-state index in [2.05, 4.69) is 16.2 Å². The number of benzene rings is 2. The van der Waals surface area contributed by atoms with Crippen LogP contribution in [-0.4, -0.2) is 41.6 Å². The quantitative estimate of drug-likeness (QED) is 0.254. The summed E-state index contributed by atoms with van der Waals surface area (Å²) < 4.78 is 5.36. The lowest BCUT2D eigenvalue weighted by atomic mass is 9.98. The fourth-order valence-electron chi connectivity index (χ4n) is 4.10. The molecule has 0 aromatic heterocycles. The van der Waals surface area contributed by atoms with Gasteiger partial charge in [0.2, 0.25) is 0 Å². The second-order valence-electron chi connectivity index (χ2n) is 8.12. The van der Waals surface area contributed by atoms with Crippen LogP contribution in [0.2, 0.25) is 0 Å². The number of hydrogen-bond donors (Lipinski definition) is 4. The molecule has 1 unspecified atom stereocenters. The number of carboxylic acids is 1. The monoisotopic (exact) mass is 467 g/mol. The summed E-state index contributed by atoms with van der Waals surface area (Å²) >= 11 is 0. The lowest BCUT2D eigenvalue weighted by molar-refractivity contribution is -0.151. The van der Waals surface area contributed by atoms with Crippen LogP contribution in [0.5, 0.6) is 0 Å². The molecular weight excluding hydrogens is 438 g/mol. The highest BCUT2D eigenvalue weighted by Crippen LogP contribution is 2.44. The lowest BCUT2D eigenvalue weighted by Crippen LogP contribution is -2.53. The third-order valence-electron chi connectivity index (χ3n) is 5.79. The van der Waals surface area contributed by atoms with Crippen molar-refractivity contribution in [2.45, 2.75) is 51.0 Å². The van der Waals surface area contributed by atoms with Crippen molar-refractivity contribution >= 4 is 23.9 Å². The summed E-state index contributed by atoms with van der Waals surface area (Å²) in [5.74, 6) is -3.82. The van der Waals surface area contributed by atoms with Crippen LogP contribution in [0.15, 0.2) is 48.5 Å². The third-order valence-corrected chi connectivity index (χ3v) is 5.79. The standard InChI is InChI=1S/C25H29N3O6/c1-2-3-4-5-14-21(26-23(30)24(31)32)22(29)27-28-25(33)34-15-20-18-12-8-6-10-16(18)17-11-7-9-13-19(17)20/h6-13,20-21H,2-5,14-15H2,1H3,(H,26,30)(H,27,29)(H,28,33)(H,31,32). The molecule has 0 heterocycles. The van der Waals surface area contributed by atoms with Gasteiger partial charge in [-0.1, -0.05) is 81.1 Å². The van der Waals surface area contributed by atoms with Gasteiger partial charge >= 0.3 is 18.0 Å². The van der Waals surface area contributed by atoms with E-state index in [-0.39, 0.29) is 18.9 Å². The number of amides is 3. The van der Waals surface area contributed by atoms with Gasteiger partial charge < -0.3 is 15.2 Å². The first-order valence-corrected chi connectivity index (χ1v) is 11.4. The highest BCUT2D eigenvalue weighted by molar-refractivity contribution is 6.32. The Morgan fingerprint density at radius 2 is 1.53 bits per heavy atom. The smallest absolute Gasteiger partial charge is 0.426 e. The van der Waals surface area contributed by atoms with Gasteiger partial charge in [0.05, 0.1) is 0 Å². The number of fused-ring (bicyclic) bond motifs is 3. The third kappa shape index (κ3) is 6.12. The van der Waals surface area contributed by atoms with E-state index >= 15 is 0 Å². The van der Waals surface area contributed by atoms with Crippen LogP contribution >= 0.6 is 0 Å². The van der Waals surface area contributed by atoms with Gasteiger partial charge in [0.25, 0.3) is 5.91 Å². The summed E-state index contributed by atoms with van der Waals surface area (Å²) in [5, 5.41) is 11.0. The van der Waals surface area contributed by atoms with Crippen LogP contribution in [0.3, 0.4) is 0 Å². The molecule has 9 heteroatoms. The molecule has 1 aliphatic carbocycles. The summed E-state index contributed by atoms with van der Waals surface area (Å²) in [6, 6.07) is 14.8. The Morgan fingerprint density at radius 3 is 2.12 bits per heavy atom. The second-order valence-corrected chi connectivity index (χ2v) is 8.12. The topological polar surface area (TPSA) is 134 Å². The molecule has 0 fully saturated rings. The maximum absolute atomic E-state index is 12.5. The maximum Gasteiger partial charge on any atom is 0.426 e. The van der Waals surface area contributed by atoms with Crippen molar-refractivity contribution in [3.8, 4) is 11.1 Å². The summed E-state index contributed by atoms with van der Waals surface area (Å²) in [4.78, 5) is 47.1. The average molecular weight is 468 g/mol. The molecule has 0 saturated heterocycles. The van der Waals surface area contributed by atoms with Crippen molar-refractivity contribution in [2.24, 2.45) is 0 Å². The maximum atomic E-state index is 12.5. The van der Waals surface area contributed by atoms with E-state index in [0.717, 1.165) is 41.5 Å². The molecule has 0 radical (unpaired) electrons. The number of rotatable bonds is 9. The minimum absolute atomic E-state index is 0.0753. The molecule has 3 amide bonds. The molecule has 0 aliphatic heterocycles. The minimum atomic E-state index is -1.68. The van der Waals surface area contributed by atoms with Crippen LogP contribution in [0.25, 0.3) is 11.1 Å². The number of unbranched alkanes of at least 4 members (excludes halogenated alkanes) is 3. The number of aliphatic carboxylic acids is 1. The van der Waals surface area contributed by atoms with Crippen molar-refractivity contribution < 1.29 is 29.0 Å². The second kappa shape index (κ2) is 11.8. The average Bonchev–Trinajstić information content (AvgIpc) is 3.16. The Labute approximate surface area is 197 Å². The molecule has 2 aromatic rings. The number of hydrazine groups is 1. The highest BCUT2D eigenvalue weighted by Gasteiger charge is 2.29. The SMILES string of the molecule is CCCCCCC(NC(=O)C(=O)O)C(=O)NNC(=O)OCC1c2ccccc2-c2ccccc21. The van der Waals surface area contributed by atoms with E-state index < -0.39 is 29.9 Å². The van der Waals surface area contributed by atoms with Crippen LogP contribution < -0.4 is 16.2 Å². The van der Waals surface area contributed by atoms with E-state index in [1.54, 1.807) is 0 Å². The molecular formula is C25H29N3O6. The number of hydrogen-bond acceptors (Lipinski definition) is 5. The Bertz CT molecular complexity index is 1010. The van der Waals surface area contributed by atoms with Crippen LogP contribution in [0.1, 0.15) is 56.1 Å². The van der Waals surface area contributed by atoms with Gasteiger partial charge in [0.1, 0.15) is 12.6 Å². The van der Waals surface area contributed by atoms with Crippen molar-refractivity contribution in [2.75, 3.05) is 6.61 Å². The molecule has 9 nitrogen and oxygen atoms in total. The first-order valence-electron chi connectivity index (χ1n) is 11.4. The molecule has 34 heavy (non-hydrogen) atoms. The fraction of sp³-hybridized carbons (Fsp3) is 0.360. The van der Waals surface area contributed by atoms with Gasteiger partial charge in [0.15, 0.2) is 0 Å². The van der Waals surface area contributed by atoms with Crippen LogP contribution in [0.4, 0.5) is 4.79 Å². The number of nitrogens with one attached hydrogen (secondary N) is 3. The van der Waals surface area contributed by atoms with Crippen molar-refractivity contribution in [3.63, 3.8) is 0 Å². The molecule has 4 N–H and O–H groups in total. The zero-order valence-corrected chi connectivity index (χ0v) is 19.0. The predicted molar refractivity (Wildman–Crippen MR) is 125 cm³/mol. The van der Waals surface area contributed by atoms with Crippen molar-refractivity contribution in [3.05, 3.63) is 59.7 Å². The Morgan fingerprint density at radius 1 is 0.912 bits per heavy atom. The van der Waals surface area contributed by atoms with Gasteiger partial charge in [-0.15, -0.1) is 0 Å². The molecule has 3 rings (SSSR count). The van der Waals surface area contributed by atoms with E-state index in [0.29, 0.717) is 6.42 Å². The molecule has 2 aromatic carbocycles. The summed E-state index contributed by atoms with van der Waals surface area (Å²) in [6.07, 6.45) is 2.79. The lowest BCUT2D eigenvalue weighted by Gasteiger charge is -2.18. The number of ether oxygens (including phenoxy) is 1. The van der Waals surface area contributed by atoms with E-state index in [1.165, 1.54) is 0 Å². The Hall–Kier alpha value is -3.88. The number of carbonyl (C=O) groups is 4. The Balaban J connectivity index is 1.54. The summed E-state index contributed by atoms with van der Waals surface area (Å²) in [6.45, 7) is 2.11. The van der Waals surface area contributed by atoms with Crippen molar-refractivity contribution in [1.82, 2.24) is 16.2 Å². The normalized spacial score (nSPS) is 12.7. The minimum Gasteiger partial charge on any atom is -0.474 e. The molecule has 0 spiro atoms. The van der Waals surface area contributed by atoms with E-state index in [9.17, 15) is 19.2 Å². The van der Waals surface area contributed by atoms with Gasteiger partial charge in [-0.2, -0.15) is 0 Å². The number of carboxylic acid groups (broad SMARTS) is 1. The molecule has 180 valence electrons. The predicted octanol–water partition coefficient (Wildman–Crippen LogP) is 3.10. The first-order chi connectivity index (χ1) is 16.4. The highest BCUT2D eigenvalue weighted by atomic mass is 16.6. The van der Waals surface area contributed by atoms with Gasteiger partial charge in [0, 0.05) is 5.92 Å². The largest absolute Gasteiger partial charge is 0.474 e. The summed E-state index contributed by atoms with van der Waals surface area (Å²) in [7, 11) is 0. The van der Waals surface area contributed by atoms with Gasteiger partial charge in [-0.3, -0.25) is 15.0 Å². The van der Waals surface area contributed by atoms with E-state index in [1.807, 2.05) is 55.5 Å². The molecule has 0 bridgehead atoms. The molecule has 1 aliphatic rings. The van der Waals surface area contributed by atoms with Gasteiger partial charge in [-0.25, -0.2) is 15.0 Å². The van der Waals surface area contributed by atoms with E-state index in [4.69, 9.17) is 9.84 Å². The molecule has 1 atom stereocenters. The fourth-order valence-corrected chi connectivity index (χ4v) is 4.10. The van der Waals surface area contributed by atoms with Gasteiger partial charge in [-0.05, 0) is 28.7 Å².